The Kier molecular flexibility index (Phi) is 3.36. The van der Waals surface area contributed by atoms with Gasteiger partial charge >= 0.3 is 0 Å². The lowest BCUT2D eigenvalue weighted by Gasteiger charge is -2.24. The first-order chi connectivity index (χ1) is 7.29. The van der Waals surface area contributed by atoms with Gasteiger partial charge in [-0.2, -0.15) is 0 Å². The summed E-state index contributed by atoms with van der Waals surface area (Å²) >= 11 is 0. The largest absolute Gasteiger partial charge is 0.496 e. The lowest BCUT2D eigenvalue weighted by atomic mass is 9.84. The molecular formula is C13H17FO2. The maximum atomic E-state index is 13.8. The fraction of sp³-hybridized carbons (Fsp3) is 0.462. The SMILES string of the molecule is COc1c(C(C)=O)ccc(F)c1C(C)(C)C. The highest BCUT2D eigenvalue weighted by Crippen LogP contribution is 2.36. The molecule has 0 aromatic heterocycles. The van der Waals surface area contributed by atoms with Crippen LogP contribution in [0.2, 0.25) is 0 Å². The van der Waals surface area contributed by atoms with Crippen molar-refractivity contribution < 1.29 is 13.9 Å². The second-order valence-electron chi connectivity index (χ2n) is 4.81. The van der Waals surface area contributed by atoms with Gasteiger partial charge in [0.05, 0.1) is 12.7 Å². The molecule has 0 atom stereocenters. The standard InChI is InChI=1S/C13H17FO2/c1-8(15)9-6-7-10(14)11(12(9)16-5)13(2,3)4/h6-7H,1-5H3. The molecule has 0 unspecified atom stereocenters. The predicted octanol–water partition coefficient (Wildman–Crippen LogP) is 3.33. The van der Waals surface area contributed by atoms with Crippen LogP contribution in [0, 0.1) is 5.82 Å². The first-order valence-corrected chi connectivity index (χ1v) is 5.17. The average molecular weight is 224 g/mol. The highest BCUT2D eigenvalue weighted by Gasteiger charge is 2.26. The minimum absolute atomic E-state index is 0.123. The first-order valence-electron chi connectivity index (χ1n) is 5.17. The topological polar surface area (TPSA) is 26.3 Å². The normalized spacial score (nSPS) is 11.4. The third kappa shape index (κ3) is 2.23. The van der Waals surface area contributed by atoms with Gasteiger partial charge in [0.1, 0.15) is 11.6 Å². The zero-order chi connectivity index (χ0) is 12.5. The zero-order valence-corrected chi connectivity index (χ0v) is 10.3. The van der Waals surface area contributed by atoms with Crippen LogP contribution in [0.1, 0.15) is 43.6 Å². The molecule has 0 saturated heterocycles. The summed E-state index contributed by atoms with van der Waals surface area (Å²) in [6, 6.07) is 2.78. The number of hydrogen-bond donors (Lipinski definition) is 0. The summed E-state index contributed by atoms with van der Waals surface area (Å²) in [6.07, 6.45) is 0. The van der Waals surface area contributed by atoms with Crippen LogP contribution in [0.25, 0.3) is 0 Å². The molecule has 0 spiro atoms. The van der Waals surface area contributed by atoms with Crippen LogP contribution in [0.5, 0.6) is 5.75 Å². The van der Waals surface area contributed by atoms with Crippen molar-refractivity contribution in [2.45, 2.75) is 33.1 Å². The third-order valence-electron chi connectivity index (χ3n) is 2.44. The monoisotopic (exact) mass is 224 g/mol. The van der Waals surface area contributed by atoms with E-state index in [1.807, 2.05) is 20.8 Å². The van der Waals surface area contributed by atoms with Gasteiger partial charge in [-0.05, 0) is 24.5 Å². The molecule has 0 bridgehead atoms. The summed E-state index contributed by atoms with van der Waals surface area (Å²) in [5.41, 5.74) is 0.470. The zero-order valence-electron chi connectivity index (χ0n) is 10.3. The fourth-order valence-electron chi connectivity index (χ4n) is 1.75. The van der Waals surface area contributed by atoms with Gasteiger partial charge in [-0.15, -0.1) is 0 Å². The number of halogens is 1. The summed E-state index contributed by atoms with van der Waals surface area (Å²) in [5, 5.41) is 0. The van der Waals surface area contributed by atoms with Gasteiger partial charge in [0.15, 0.2) is 5.78 Å². The second kappa shape index (κ2) is 4.24. The number of rotatable bonds is 2. The van der Waals surface area contributed by atoms with E-state index in [1.165, 1.54) is 26.2 Å². The van der Waals surface area contributed by atoms with Gasteiger partial charge in [0.25, 0.3) is 0 Å². The lowest BCUT2D eigenvalue weighted by molar-refractivity contribution is 0.101. The van der Waals surface area contributed by atoms with E-state index in [9.17, 15) is 9.18 Å². The molecule has 1 aromatic rings. The van der Waals surface area contributed by atoms with E-state index in [4.69, 9.17) is 4.74 Å². The van der Waals surface area contributed by atoms with E-state index in [1.54, 1.807) is 0 Å². The first kappa shape index (κ1) is 12.7. The Balaban J connectivity index is 3.57. The van der Waals surface area contributed by atoms with E-state index in [-0.39, 0.29) is 11.6 Å². The van der Waals surface area contributed by atoms with Gasteiger partial charge in [-0.25, -0.2) is 4.39 Å². The average Bonchev–Trinajstić information content (AvgIpc) is 2.14. The van der Waals surface area contributed by atoms with Gasteiger partial charge in [0.2, 0.25) is 0 Å². The van der Waals surface area contributed by atoms with Crippen molar-refractivity contribution >= 4 is 5.78 Å². The summed E-state index contributed by atoms with van der Waals surface area (Å²) in [4.78, 5) is 11.4. The molecule has 0 aliphatic rings. The Morgan fingerprint density at radius 1 is 1.31 bits per heavy atom. The molecule has 0 aliphatic heterocycles. The van der Waals surface area contributed by atoms with E-state index in [2.05, 4.69) is 0 Å². The molecule has 0 radical (unpaired) electrons. The van der Waals surface area contributed by atoms with Gasteiger partial charge in [-0.1, -0.05) is 20.8 Å². The lowest BCUT2D eigenvalue weighted by Crippen LogP contribution is -2.17. The van der Waals surface area contributed by atoms with Crippen LogP contribution in [0.3, 0.4) is 0 Å². The molecule has 0 N–H and O–H groups in total. The van der Waals surface area contributed by atoms with E-state index < -0.39 is 5.41 Å². The van der Waals surface area contributed by atoms with Crippen LogP contribution in [0.15, 0.2) is 12.1 Å². The van der Waals surface area contributed by atoms with Crippen molar-refractivity contribution in [3.05, 3.63) is 29.1 Å². The molecule has 16 heavy (non-hydrogen) atoms. The predicted molar refractivity (Wildman–Crippen MR) is 61.7 cm³/mol. The van der Waals surface area contributed by atoms with Crippen molar-refractivity contribution in [3.63, 3.8) is 0 Å². The smallest absolute Gasteiger partial charge is 0.163 e. The molecule has 1 aromatic carbocycles. The number of ketones is 1. The Labute approximate surface area is 95.4 Å². The molecule has 0 saturated carbocycles. The minimum Gasteiger partial charge on any atom is -0.496 e. The Morgan fingerprint density at radius 3 is 2.25 bits per heavy atom. The molecule has 0 aliphatic carbocycles. The molecule has 1 rings (SSSR count). The van der Waals surface area contributed by atoms with Gasteiger partial charge in [0, 0.05) is 5.56 Å². The van der Waals surface area contributed by atoms with Crippen molar-refractivity contribution in [2.24, 2.45) is 0 Å². The summed E-state index contributed by atoms with van der Waals surface area (Å²) < 4.78 is 19.0. The van der Waals surface area contributed by atoms with E-state index >= 15 is 0 Å². The Bertz CT molecular complexity index is 417. The van der Waals surface area contributed by atoms with E-state index in [0.717, 1.165) is 0 Å². The summed E-state index contributed by atoms with van der Waals surface area (Å²) in [7, 11) is 1.45. The third-order valence-corrected chi connectivity index (χ3v) is 2.44. The number of methoxy groups -OCH3 is 1. The van der Waals surface area contributed by atoms with Crippen LogP contribution < -0.4 is 4.74 Å². The van der Waals surface area contributed by atoms with Crippen LogP contribution in [-0.2, 0) is 5.41 Å². The number of carbonyl (C=O) groups excluding carboxylic acids is 1. The highest BCUT2D eigenvalue weighted by molar-refractivity contribution is 5.97. The van der Waals surface area contributed by atoms with Crippen molar-refractivity contribution in [1.29, 1.82) is 0 Å². The molecule has 3 heteroatoms. The van der Waals surface area contributed by atoms with Crippen molar-refractivity contribution in [2.75, 3.05) is 7.11 Å². The summed E-state index contributed by atoms with van der Waals surface area (Å²) in [5.74, 6) is -0.114. The highest BCUT2D eigenvalue weighted by atomic mass is 19.1. The van der Waals surface area contributed by atoms with Gasteiger partial charge < -0.3 is 4.74 Å². The van der Waals surface area contributed by atoms with Gasteiger partial charge in [-0.3, -0.25) is 4.79 Å². The second-order valence-corrected chi connectivity index (χ2v) is 4.81. The van der Waals surface area contributed by atoms with Crippen LogP contribution >= 0.6 is 0 Å². The number of hydrogen-bond acceptors (Lipinski definition) is 2. The number of Topliss-reactive ketones (excluding diaryl/α,β-unsaturated/α-hetero) is 1. The maximum Gasteiger partial charge on any atom is 0.163 e. The Morgan fingerprint density at radius 2 is 1.88 bits per heavy atom. The molecule has 88 valence electrons. The summed E-state index contributed by atoms with van der Waals surface area (Å²) in [6.45, 7) is 7.11. The maximum absolute atomic E-state index is 13.8. The van der Waals surface area contributed by atoms with Crippen LogP contribution in [-0.4, -0.2) is 12.9 Å². The van der Waals surface area contributed by atoms with Crippen molar-refractivity contribution in [1.82, 2.24) is 0 Å². The Hall–Kier alpha value is -1.38. The number of ether oxygens (including phenoxy) is 1. The fourth-order valence-corrected chi connectivity index (χ4v) is 1.75. The van der Waals surface area contributed by atoms with Crippen molar-refractivity contribution in [3.8, 4) is 5.75 Å². The molecule has 0 heterocycles. The molecule has 2 nitrogen and oxygen atoms in total. The molecule has 0 amide bonds. The molecular weight excluding hydrogens is 207 g/mol. The van der Waals surface area contributed by atoms with E-state index in [0.29, 0.717) is 16.9 Å². The quantitative estimate of drug-likeness (QED) is 0.720. The number of carbonyl (C=O) groups is 1. The minimum atomic E-state index is -0.402. The molecule has 0 fully saturated rings. The number of benzene rings is 1. The van der Waals surface area contributed by atoms with Crippen LogP contribution in [0.4, 0.5) is 4.39 Å².